The number of carbonyl (C=O) groups is 4. The highest BCUT2D eigenvalue weighted by Crippen LogP contribution is 2.47. The van der Waals surface area contributed by atoms with Crippen LogP contribution in [0, 0.1) is 11.3 Å². The minimum Gasteiger partial charge on any atom is -0.497 e. The number of fused-ring (bicyclic) bond motifs is 1. The molecule has 2 aromatic rings. The van der Waals surface area contributed by atoms with E-state index in [2.05, 4.69) is 17.2 Å². The standard InChI is InChI=1S/C36H47N3O8/c1-8-24-19-36(24,32(42)45-6)38-30(40)28-20-35(46-7,25-15-13-23-18-27(44-5)16-14-22(23)17-25)21-39(28)31(41)29(34(2,3)4)37-33(43)47-26-11-9-10-12-26/h8,13-18,24,26,28-29H,1,9-12,19-21H2,2-7H3,(H,37,43)(H,38,40)/t24?,28-,29+,35-,36+/m0/s1. The van der Waals surface area contributed by atoms with Crippen molar-refractivity contribution in [1.29, 1.82) is 0 Å². The van der Waals surface area contributed by atoms with Gasteiger partial charge < -0.3 is 34.5 Å². The highest BCUT2D eigenvalue weighted by Gasteiger charge is 2.62. The summed E-state index contributed by atoms with van der Waals surface area (Å²) in [5, 5.41) is 7.62. The lowest BCUT2D eigenvalue weighted by Gasteiger charge is -2.36. The molecule has 254 valence electrons. The molecule has 5 rings (SSSR count). The Balaban J connectivity index is 1.50. The Hall–Kier alpha value is -4.12. The zero-order valence-electron chi connectivity index (χ0n) is 28.2. The highest BCUT2D eigenvalue weighted by atomic mass is 16.6. The number of nitrogens with zero attached hydrogens (tertiary/aromatic N) is 1. The fourth-order valence-corrected chi connectivity index (χ4v) is 7.06. The summed E-state index contributed by atoms with van der Waals surface area (Å²) in [6.07, 6.45) is 4.79. The first-order valence-electron chi connectivity index (χ1n) is 16.2. The molecule has 0 bridgehead atoms. The minimum absolute atomic E-state index is 0.0319. The average Bonchev–Trinajstić information content (AvgIpc) is 3.34. The molecule has 0 spiro atoms. The molecular weight excluding hydrogens is 602 g/mol. The molecule has 1 saturated heterocycles. The Morgan fingerprint density at radius 1 is 1.00 bits per heavy atom. The molecule has 2 saturated carbocycles. The second-order valence-corrected chi connectivity index (χ2v) is 14.1. The quantitative estimate of drug-likeness (QED) is 0.282. The predicted octanol–water partition coefficient (Wildman–Crippen LogP) is 4.61. The topological polar surface area (TPSA) is 132 Å². The smallest absolute Gasteiger partial charge is 0.408 e. The second-order valence-electron chi connectivity index (χ2n) is 14.1. The van der Waals surface area contributed by atoms with Gasteiger partial charge in [-0.1, -0.05) is 45.0 Å². The van der Waals surface area contributed by atoms with E-state index in [1.807, 2.05) is 57.2 Å². The van der Waals surface area contributed by atoms with Gasteiger partial charge in [0.15, 0.2) is 0 Å². The van der Waals surface area contributed by atoms with Gasteiger partial charge in [-0.25, -0.2) is 9.59 Å². The van der Waals surface area contributed by atoms with Crippen molar-refractivity contribution in [1.82, 2.24) is 15.5 Å². The number of nitrogens with one attached hydrogen (secondary N) is 2. The Labute approximate surface area is 276 Å². The van der Waals surface area contributed by atoms with E-state index in [-0.39, 0.29) is 25.0 Å². The Kier molecular flexibility index (Phi) is 9.59. The van der Waals surface area contributed by atoms with Gasteiger partial charge in [0, 0.05) is 19.4 Å². The molecule has 0 radical (unpaired) electrons. The molecule has 5 atom stereocenters. The van der Waals surface area contributed by atoms with Gasteiger partial charge >= 0.3 is 12.1 Å². The second kappa shape index (κ2) is 13.2. The maximum Gasteiger partial charge on any atom is 0.408 e. The van der Waals surface area contributed by atoms with Gasteiger partial charge in [-0.15, -0.1) is 6.58 Å². The summed E-state index contributed by atoms with van der Waals surface area (Å²) in [4.78, 5) is 56.2. The van der Waals surface area contributed by atoms with Gasteiger partial charge in [0.1, 0.15) is 35.1 Å². The van der Waals surface area contributed by atoms with Crippen LogP contribution in [0.25, 0.3) is 10.8 Å². The molecule has 3 fully saturated rings. The van der Waals surface area contributed by atoms with Gasteiger partial charge in [0.2, 0.25) is 11.8 Å². The first-order chi connectivity index (χ1) is 22.3. The third-order valence-electron chi connectivity index (χ3n) is 10.0. The van der Waals surface area contributed by atoms with E-state index in [1.165, 1.54) is 12.0 Å². The SMILES string of the molecule is C=CC1C[C@]1(NC(=O)[C@@H]1C[C@@](OC)(c2ccc3cc(OC)ccc3c2)CN1C(=O)[C@@H](NC(=O)OC1CCCC1)C(C)(C)C)C(=O)OC. The molecule has 2 aliphatic carbocycles. The summed E-state index contributed by atoms with van der Waals surface area (Å²) in [6, 6.07) is 9.58. The van der Waals surface area contributed by atoms with Gasteiger partial charge in [-0.05, 0) is 72.1 Å². The maximum absolute atomic E-state index is 14.6. The summed E-state index contributed by atoms with van der Waals surface area (Å²) < 4.78 is 22.3. The Morgan fingerprint density at radius 3 is 2.28 bits per heavy atom. The van der Waals surface area contributed by atoms with Crippen molar-refractivity contribution >= 4 is 34.6 Å². The maximum atomic E-state index is 14.6. The van der Waals surface area contributed by atoms with E-state index in [9.17, 15) is 19.2 Å². The number of hydrogen-bond donors (Lipinski definition) is 2. The van der Waals surface area contributed by atoms with Gasteiger partial charge in [0.25, 0.3) is 0 Å². The van der Waals surface area contributed by atoms with Crippen molar-refractivity contribution in [2.75, 3.05) is 27.9 Å². The first-order valence-corrected chi connectivity index (χ1v) is 16.2. The fraction of sp³-hybridized carbons (Fsp3) is 0.556. The number of ether oxygens (including phenoxy) is 4. The summed E-state index contributed by atoms with van der Waals surface area (Å²) in [7, 11) is 4.45. The molecule has 2 N–H and O–H groups in total. The van der Waals surface area contributed by atoms with Gasteiger partial charge in [-0.3, -0.25) is 9.59 Å². The summed E-state index contributed by atoms with van der Waals surface area (Å²) in [6.45, 7) is 9.39. The van der Waals surface area contributed by atoms with Crippen molar-refractivity contribution in [3.63, 3.8) is 0 Å². The van der Waals surface area contributed by atoms with E-state index in [4.69, 9.17) is 18.9 Å². The minimum atomic E-state index is -1.25. The number of likely N-dealkylation sites (tertiary alicyclic amines) is 1. The third kappa shape index (κ3) is 6.68. The number of hydrogen-bond acceptors (Lipinski definition) is 8. The normalized spacial score (nSPS) is 26.4. The zero-order valence-corrected chi connectivity index (χ0v) is 28.2. The molecule has 0 aromatic heterocycles. The monoisotopic (exact) mass is 649 g/mol. The fourth-order valence-electron chi connectivity index (χ4n) is 7.06. The van der Waals surface area contributed by atoms with Crippen molar-refractivity contribution in [3.05, 3.63) is 54.6 Å². The van der Waals surface area contributed by atoms with Crippen LogP contribution in [-0.2, 0) is 34.2 Å². The molecule has 2 aromatic carbocycles. The van der Waals surface area contributed by atoms with Crippen LogP contribution in [0.5, 0.6) is 5.75 Å². The summed E-state index contributed by atoms with van der Waals surface area (Å²) >= 11 is 0. The summed E-state index contributed by atoms with van der Waals surface area (Å²) in [5.74, 6) is -1.11. The number of rotatable bonds is 10. The van der Waals surface area contributed by atoms with Crippen molar-refractivity contribution in [2.24, 2.45) is 11.3 Å². The Morgan fingerprint density at radius 2 is 1.68 bits per heavy atom. The Bertz CT molecular complexity index is 1550. The van der Waals surface area contributed by atoms with E-state index in [0.717, 1.165) is 47.8 Å². The van der Waals surface area contributed by atoms with Gasteiger partial charge in [-0.2, -0.15) is 0 Å². The van der Waals surface area contributed by atoms with Gasteiger partial charge in [0.05, 0.1) is 20.8 Å². The van der Waals surface area contributed by atoms with Crippen LogP contribution in [0.1, 0.15) is 64.9 Å². The lowest BCUT2D eigenvalue weighted by atomic mass is 9.85. The van der Waals surface area contributed by atoms with Crippen LogP contribution in [0.3, 0.4) is 0 Å². The lowest BCUT2D eigenvalue weighted by molar-refractivity contribution is -0.148. The largest absolute Gasteiger partial charge is 0.497 e. The van der Waals surface area contributed by atoms with Crippen LogP contribution in [0.4, 0.5) is 4.79 Å². The number of esters is 1. The molecule has 11 heteroatoms. The molecule has 3 amide bonds. The van der Waals surface area contributed by atoms with Crippen molar-refractivity contribution < 1.29 is 38.1 Å². The van der Waals surface area contributed by atoms with E-state index in [1.54, 1.807) is 20.3 Å². The number of amides is 3. The van der Waals surface area contributed by atoms with Crippen LogP contribution in [0.15, 0.2) is 49.1 Å². The molecule has 1 heterocycles. The van der Waals surface area contributed by atoms with Crippen molar-refractivity contribution in [2.45, 2.75) is 88.6 Å². The predicted molar refractivity (Wildman–Crippen MR) is 176 cm³/mol. The highest BCUT2D eigenvalue weighted by molar-refractivity contribution is 5.97. The van der Waals surface area contributed by atoms with E-state index < -0.39 is 52.5 Å². The van der Waals surface area contributed by atoms with Crippen LogP contribution in [0.2, 0.25) is 0 Å². The zero-order chi connectivity index (χ0) is 34.1. The van der Waals surface area contributed by atoms with E-state index in [0.29, 0.717) is 6.42 Å². The molecule has 1 aliphatic heterocycles. The van der Waals surface area contributed by atoms with Crippen LogP contribution < -0.4 is 15.4 Å². The molecule has 11 nitrogen and oxygen atoms in total. The number of alkyl carbamates (subject to hydrolysis) is 1. The molecular formula is C36H47N3O8. The average molecular weight is 650 g/mol. The lowest BCUT2D eigenvalue weighted by Crippen LogP contribution is -2.59. The third-order valence-corrected chi connectivity index (χ3v) is 10.0. The first kappa shape index (κ1) is 34.2. The number of benzene rings is 2. The number of methoxy groups -OCH3 is 3. The number of carbonyl (C=O) groups excluding carboxylic acids is 4. The van der Waals surface area contributed by atoms with E-state index >= 15 is 0 Å². The summed E-state index contributed by atoms with van der Waals surface area (Å²) in [5.41, 5.74) is -2.27. The molecule has 3 aliphatic rings. The molecule has 1 unspecified atom stereocenters. The van der Waals surface area contributed by atoms with Crippen LogP contribution in [-0.4, -0.2) is 80.4 Å². The van der Waals surface area contributed by atoms with Crippen LogP contribution >= 0.6 is 0 Å². The van der Waals surface area contributed by atoms with Crippen molar-refractivity contribution in [3.8, 4) is 5.75 Å². The molecule has 47 heavy (non-hydrogen) atoms.